The molecule has 0 bridgehead atoms. The Bertz CT molecular complexity index is 1160. The van der Waals surface area contributed by atoms with Gasteiger partial charge in [0.15, 0.2) is 5.84 Å². The molecule has 0 amide bonds. The van der Waals surface area contributed by atoms with Gasteiger partial charge in [0.2, 0.25) is 0 Å². The van der Waals surface area contributed by atoms with Crippen LogP contribution in [0, 0.1) is 19.3 Å². The number of nitrogens with zero attached hydrogens (tertiary/aromatic N) is 5. The van der Waals surface area contributed by atoms with Crippen LogP contribution in [0.15, 0.2) is 81.3 Å². The van der Waals surface area contributed by atoms with Crippen LogP contribution in [0.25, 0.3) is 0 Å². The summed E-state index contributed by atoms with van der Waals surface area (Å²) in [5, 5.41) is 20.1. The first-order chi connectivity index (χ1) is 16.3. The van der Waals surface area contributed by atoms with E-state index in [9.17, 15) is 5.11 Å². The highest BCUT2D eigenvalue weighted by Gasteiger charge is 2.23. The molecule has 9 nitrogen and oxygen atoms in total. The number of likely N-dealkylation sites (tertiary alicyclic amines) is 1. The number of ether oxygens (including phenoxy) is 1. The Balaban J connectivity index is 1.83. The fourth-order valence-corrected chi connectivity index (χ4v) is 3.40. The molecule has 2 aliphatic heterocycles. The molecule has 2 heterocycles. The molecule has 0 saturated carbocycles. The van der Waals surface area contributed by atoms with Crippen molar-refractivity contribution in [2.45, 2.75) is 26.4 Å². The molecular weight excluding hydrogens is 430 g/mol. The minimum atomic E-state index is -0.373. The molecule has 0 unspecified atom stereocenters. The summed E-state index contributed by atoms with van der Waals surface area (Å²) in [6.07, 6.45) is 7.37. The number of aliphatic hydroxyl groups is 1. The second-order valence-electron chi connectivity index (χ2n) is 7.72. The van der Waals surface area contributed by atoms with E-state index in [-0.39, 0.29) is 6.10 Å². The van der Waals surface area contributed by atoms with Gasteiger partial charge in [0.25, 0.3) is 0 Å². The van der Waals surface area contributed by atoms with E-state index in [2.05, 4.69) is 45.0 Å². The summed E-state index contributed by atoms with van der Waals surface area (Å²) in [6.45, 7) is 16.9. The van der Waals surface area contributed by atoms with Crippen molar-refractivity contribution in [3.8, 4) is 5.75 Å². The van der Waals surface area contributed by atoms with E-state index in [0.717, 1.165) is 23.2 Å². The molecule has 1 aromatic carbocycles. The maximum atomic E-state index is 9.81. The van der Waals surface area contributed by atoms with Gasteiger partial charge < -0.3 is 20.1 Å². The van der Waals surface area contributed by atoms with E-state index in [1.807, 2.05) is 30.9 Å². The van der Waals surface area contributed by atoms with Crippen molar-refractivity contribution in [1.29, 1.82) is 5.41 Å². The Kier molecular flexibility index (Phi) is 8.05. The second-order valence-corrected chi connectivity index (χ2v) is 7.72. The van der Waals surface area contributed by atoms with Crippen LogP contribution in [0.4, 0.5) is 5.69 Å². The lowest BCUT2D eigenvalue weighted by Crippen LogP contribution is -2.29. The van der Waals surface area contributed by atoms with Crippen molar-refractivity contribution in [3.05, 3.63) is 72.4 Å². The quantitative estimate of drug-likeness (QED) is 0.237. The van der Waals surface area contributed by atoms with Crippen LogP contribution in [0.2, 0.25) is 0 Å². The molecule has 3 rings (SSSR count). The number of amidine groups is 1. The van der Waals surface area contributed by atoms with Gasteiger partial charge in [0.05, 0.1) is 11.8 Å². The fourth-order valence-electron chi connectivity index (χ4n) is 3.40. The Morgan fingerprint density at radius 3 is 2.82 bits per heavy atom. The smallest absolute Gasteiger partial charge is 0.160 e. The molecule has 1 atom stereocenters. The highest BCUT2D eigenvalue weighted by atomic mass is 16.5. The molecule has 1 saturated heterocycles. The number of aliphatic imine (C=N–C) groups is 4. The lowest BCUT2D eigenvalue weighted by atomic mass is 10.1. The average Bonchev–Trinajstić information content (AvgIpc) is 3.26. The van der Waals surface area contributed by atoms with E-state index in [4.69, 9.17) is 10.1 Å². The molecule has 0 aliphatic carbocycles. The maximum absolute atomic E-state index is 9.81. The maximum Gasteiger partial charge on any atom is 0.160 e. The van der Waals surface area contributed by atoms with E-state index in [1.54, 1.807) is 12.2 Å². The average molecular weight is 460 g/mol. The summed E-state index contributed by atoms with van der Waals surface area (Å²) < 4.78 is 5.95. The summed E-state index contributed by atoms with van der Waals surface area (Å²) in [5.74, 6) is 2.22. The van der Waals surface area contributed by atoms with Crippen molar-refractivity contribution in [2.75, 3.05) is 18.4 Å². The predicted octanol–water partition coefficient (Wildman–Crippen LogP) is 3.77. The molecular formula is C25H29N7O2. The number of hydrogen-bond donors (Lipinski definition) is 3. The topological polar surface area (TPSA) is 118 Å². The second kappa shape index (κ2) is 11.2. The van der Waals surface area contributed by atoms with Gasteiger partial charge in [0.1, 0.15) is 35.7 Å². The summed E-state index contributed by atoms with van der Waals surface area (Å²) >= 11 is 0. The van der Waals surface area contributed by atoms with Crippen molar-refractivity contribution in [3.63, 3.8) is 0 Å². The van der Waals surface area contributed by atoms with Gasteiger partial charge in [-0.2, -0.15) is 0 Å². The van der Waals surface area contributed by atoms with Gasteiger partial charge in [-0.25, -0.2) is 20.0 Å². The number of allylic oxidation sites excluding steroid dienone is 2. The van der Waals surface area contributed by atoms with Crippen LogP contribution in [-0.4, -0.2) is 59.6 Å². The third kappa shape index (κ3) is 5.81. The fraction of sp³-hybridized carbons (Fsp3) is 0.240. The van der Waals surface area contributed by atoms with Crippen molar-refractivity contribution in [1.82, 2.24) is 4.90 Å². The number of hydrogen-bond acceptors (Lipinski definition) is 8. The zero-order chi connectivity index (χ0) is 24.7. The van der Waals surface area contributed by atoms with Gasteiger partial charge in [-0.3, -0.25) is 5.41 Å². The van der Waals surface area contributed by atoms with Crippen molar-refractivity contribution >= 4 is 36.1 Å². The number of aliphatic hydroxyl groups excluding tert-OH is 1. The molecule has 2 aliphatic rings. The number of anilines is 1. The highest BCUT2D eigenvalue weighted by molar-refractivity contribution is 6.52. The number of benzene rings is 1. The summed E-state index contributed by atoms with van der Waals surface area (Å²) in [7, 11) is 0. The van der Waals surface area contributed by atoms with Gasteiger partial charge in [-0.05, 0) is 55.7 Å². The van der Waals surface area contributed by atoms with Gasteiger partial charge in [-0.1, -0.05) is 19.7 Å². The Labute approximate surface area is 199 Å². The van der Waals surface area contributed by atoms with E-state index >= 15 is 0 Å². The highest BCUT2D eigenvalue weighted by Crippen LogP contribution is 2.29. The van der Waals surface area contributed by atoms with Crippen LogP contribution in [0.5, 0.6) is 5.75 Å². The minimum Gasteiger partial charge on any atom is -0.457 e. The van der Waals surface area contributed by atoms with E-state index in [0.29, 0.717) is 54.1 Å². The third-order valence-corrected chi connectivity index (χ3v) is 5.49. The monoisotopic (exact) mass is 459 g/mol. The molecule has 9 heteroatoms. The van der Waals surface area contributed by atoms with Crippen LogP contribution >= 0.6 is 0 Å². The normalized spacial score (nSPS) is 19.5. The Morgan fingerprint density at radius 2 is 2.15 bits per heavy atom. The number of rotatable bonds is 8. The molecule has 3 N–H and O–H groups in total. The standard InChI is InChI=1S/C25H29N7O2/c1-6-21(9-11-27-14-26)34-23-8-7-22(16(2)17(23)3)31-25-24(18(4)28-15-29-25)30-19(5)32-12-10-20(33)13-32/h6-9,11,14-15,20,26,33H,1,4-5,10,12-13H2,2-3H3,(H,28,29,31)/b21-9+,26-14?,27-11+,30-24+/t20-/m0/s1. The van der Waals surface area contributed by atoms with Crippen LogP contribution in [0.3, 0.4) is 0 Å². The van der Waals surface area contributed by atoms with E-state index < -0.39 is 0 Å². The van der Waals surface area contributed by atoms with Crippen LogP contribution in [0.1, 0.15) is 17.5 Å². The molecule has 0 aromatic heterocycles. The van der Waals surface area contributed by atoms with Crippen LogP contribution in [-0.2, 0) is 0 Å². The molecule has 1 fully saturated rings. The lowest BCUT2D eigenvalue weighted by molar-refractivity contribution is 0.183. The molecule has 34 heavy (non-hydrogen) atoms. The number of nitrogens with one attached hydrogen (secondary N) is 2. The molecule has 0 radical (unpaired) electrons. The Morgan fingerprint density at radius 1 is 1.35 bits per heavy atom. The first kappa shape index (κ1) is 24.5. The minimum absolute atomic E-state index is 0.373. The lowest BCUT2D eigenvalue weighted by Gasteiger charge is -2.21. The zero-order valence-electron chi connectivity index (χ0n) is 19.5. The predicted molar refractivity (Wildman–Crippen MR) is 140 cm³/mol. The SMILES string of the molecule is C=C/C(=C\C=N\C=N)Oc1ccc(NC2=NC=NC(=C)/C2=N\C(=C)N2CC[C@H](O)C2)c(C)c1C. The number of β-amino-alcohol motifs (C(OH)–C–C–N with tert-alkyl or cyclic N) is 1. The van der Waals surface area contributed by atoms with Gasteiger partial charge in [-0.15, -0.1) is 0 Å². The first-order valence-electron chi connectivity index (χ1n) is 10.7. The van der Waals surface area contributed by atoms with Gasteiger partial charge >= 0.3 is 0 Å². The van der Waals surface area contributed by atoms with Crippen molar-refractivity contribution < 1.29 is 9.84 Å². The Hall–Kier alpha value is -4.11. The molecule has 176 valence electrons. The summed E-state index contributed by atoms with van der Waals surface area (Å²) in [4.78, 5) is 18.8. The largest absolute Gasteiger partial charge is 0.457 e. The van der Waals surface area contributed by atoms with E-state index in [1.165, 1.54) is 12.6 Å². The third-order valence-electron chi connectivity index (χ3n) is 5.49. The summed E-state index contributed by atoms with van der Waals surface area (Å²) in [6, 6.07) is 3.74. The summed E-state index contributed by atoms with van der Waals surface area (Å²) in [5.41, 5.74) is 3.69. The van der Waals surface area contributed by atoms with Crippen LogP contribution < -0.4 is 10.1 Å². The van der Waals surface area contributed by atoms with Gasteiger partial charge in [0, 0.05) is 25.0 Å². The van der Waals surface area contributed by atoms with Crippen molar-refractivity contribution in [2.24, 2.45) is 20.0 Å². The molecule has 0 spiro atoms. The zero-order valence-corrected chi connectivity index (χ0v) is 19.5. The molecule has 1 aromatic rings. The first-order valence-corrected chi connectivity index (χ1v) is 10.7.